The first-order chi connectivity index (χ1) is 8.83. The van der Waals surface area contributed by atoms with Crippen molar-refractivity contribution in [3.8, 4) is 5.88 Å². The number of aromatic nitrogens is 1. The Morgan fingerprint density at radius 1 is 1.50 bits per heavy atom. The fraction of sp³-hybridized carbons (Fsp3) is 0.643. The Balaban J connectivity index is 1.98. The third kappa shape index (κ3) is 3.43. The first kappa shape index (κ1) is 13.3. The van der Waals surface area contributed by atoms with Crippen LogP contribution in [-0.4, -0.2) is 42.7 Å². The topological polar surface area (TPSA) is 37.4 Å². The summed E-state index contributed by atoms with van der Waals surface area (Å²) in [5, 5.41) is 3.44. The molecule has 1 aromatic heterocycles. The van der Waals surface area contributed by atoms with Gasteiger partial charge in [-0.15, -0.1) is 0 Å². The van der Waals surface area contributed by atoms with Crippen molar-refractivity contribution < 1.29 is 4.74 Å². The number of methoxy groups -OCH3 is 1. The summed E-state index contributed by atoms with van der Waals surface area (Å²) in [5.41, 5.74) is 1.26. The smallest absolute Gasteiger partial charge is 0.212 e. The largest absolute Gasteiger partial charge is 0.481 e. The van der Waals surface area contributed by atoms with Gasteiger partial charge in [-0.05, 0) is 31.5 Å². The maximum absolute atomic E-state index is 5.09. The summed E-state index contributed by atoms with van der Waals surface area (Å²) in [6.45, 7) is 6.63. The van der Waals surface area contributed by atoms with E-state index in [9.17, 15) is 0 Å². The Labute approximate surface area is 109 Å². The van der Waals surface area contributed by atoms with Crippen LogP contribution in [0.2, 0.25) is 0 Å². The van der Waals surface area contributed by atoms with E-state index in [0.29, 0.717) is 11.9 Å². The van der Waals surface area contributed by atoms with Crippen molar-refractivity contribution in [3.63, 3.8) is 0 Å². The Morgan fingerprint density at radius 2 is 2.39 bits per heavy atom. The third-order valence-corrected chi connectivity index (χ3v) is 3.45. The molecule has 0 saturated carbocycles. The number of rotatable bonds is 6. The van der Waals surface area contributed by atoms with E-state index < -0.39 is 0 Å². The molecule has 0 bridgehead atoms. The Morgan fingerprint density at radius 3 is 2.94 bits per heavy atom. The zero-order valence-electron chi connectivity index (χ0n) is 11.4. The van der Waals surface area contributed by atoms with Gasteiger partial charge in [0.05, 0.1) is 7.11 Å². The SMILES string of the molecule is CCCN(Cc1ccc(OC)nc1)C1CCNC1. The van der Waals surface area contributed by atoms with Gasteiger partial charge in [-0.2, -0.15) is 0 Å². The molecule has 1 aliphatic rings. The Hall–Kier alpha value is -1.13. The second-order valence-corrected chi connectivity index (χ2v) is 4.83. The van der Waals surface area contributed by atoms with Crippen molar-refractivity contribution >= 4 is 0 Å². The highest BCUT2D eigenvalue weighted by Crippen LogP contribution is 2.15. The molecule has 0 spiro atoms. The molecule has 0 radical (unpaired) electrons. The van der Waals surface area contributed by atoms with Gasteiger partial charge in [-0.3, -0.25) is 4.90 Å². The average molecular weight is 249 g/mol. The molecule has 2 rings (SSSR count). The molecule has 2 heterocycles. The minimum Gasteiger partial charge on any atom is -0.481 e. The summed E-state index contributed by atoms with van der Waals surface area (Å²) >= 11 is 0. The summed E-state index contributed by atoms with van der Waals surface area (Å²) < 4.78 is 5.09. The first-order valence-electron chi connectivity index (χ1n) is 6.77. The van der Waals surface area contributed by atoms with E-state index in [0.717, 1.165) is 26.2 Å². The summed E-state index contributed by atoms with van der Waals surface area (Å²) in [5.74, 6) is 0.684. The minimum atomic E-state index is 0.673. The molecule has 1 unspecified atom stereocenters. The molecule has 0 aromatic carbocycles. The zero-order valence-corrected chi connectivity index (χ0v) is 11.4. The van der Waals surface area contributed by atoms with Crippen molar-refractivity contribution in [1.29, 1.82) is 0 Å². The van der Waals surface area contributed by atoms with Gasteiger partial charge in [0.25, 0.3) is 0 Å². The van der Waals surface area contributed by atoms with E-state index in [2.05, 4.69) is 28.2 Å². The number of pyridine rings is 1. The highest BCUT2D eigenvalue weighted by Gasteiger charge is 2.21. The maximum atomic E-state index is 5.09. The second-order valence-electron chi connectivity index (χ2n) is 4.83. The Kier molecular flexibility index (Phi) is 4.96. The normalized spacial score (nSPS) is 19.4. The molecule has 4 heteroatoms. The lowest BCUT2D eigenvalue weighted by Gasteiger charge is -2.27. The van der Waals surface area contributed by atoms with Gasteiger partial charge >= 0.3 is 0 Å². The van der Waals surface area contributed by atoms with Crippen LogP contribution < -0.4 is 10.1 Å². The second kappa shape index (κ2) is 6.71. The van der Waals surface area contributed by atoms with Crippen molar-refractivity contribution in [1.82, 2.24) is 15.2 Å². The van der Waals surface area contributed by atoms with Crippen molar-refractivity contribution in [2.24, 2.45) is 0 Å². The lowest BCUT2D eigenvalue weighted by atomic mass is 10.1. The summed E-state index contributed by atoms with van der Waals surface area (Å²) in [7, 11) is 1.65. The van der Waals surface area contributed by atoms with E-state index >= 15 is 0 Å². The molecular formula is C14H23N3O. The number of ether oxygens (including phenoxy) is 1. The molecular weight excluding hydrogens is 226 g/mol. The summed E-state index contributed by atoms with van der Waals surface area (Å²) in [6.07, 6.45) is 4.37. The van der Waals surface area contributed by atoms with E-state index in [1.165, 1.54) is 18.4 Å². The van der Waals surface area contributed by atoms with Crippen LogP contribution in [0, 0.1) is 0 Å². The van der Waals surface area contributed by atoms with Crippen LogP contribution in [0.15, 0.2) is 18.3 Å². The van der Waals surface area contributed by atoms with Gasteiger partial charge in [0, 0.05) is 31.4 Å². The third-order valence-electron chi connectivity index (χ3n) is 3.45. The lowest BCUT2D eigenvalue weighted by Crippen LogP contribution is -2.36. The number of hydrogen-bond acceptors (Lipinski definition) is 4. The van der Waals surface area contributed by atoms with Gasteiger partial charge in [-0.25, -0.2) is 4.98 Å². The van der Waals surface area contributed by atoms with Crippen LogP contribution in [-0.2, 0) is 6.54 Å². The van der Waals surface area contributed by atoms with Gasteiger partial charge in [0.1, 0.15) is 0 Å². The maximum Gasteiger partial charge on any atom is 0.212 e. The molecule has 18 heavy (non-hydrogen) atoms. The predicted octanol–water partition coefficient (Wildman–Crippen LogP) is 1.66. The van der Waals surface area contributed by atoms with E-state index in [4.69, 9.17) is 4.74 Å². The van der Waals surface area contributed by atoms with Gasteiger partial charge in [0.15, 0.2) is 0 Å². The molecule has 4 nitrogen and oxygen atoms in total. The van der Waals surface area contributed by atoms with Crippen molar-refractivity contribution in [2.75, 3.05) is 26.7 Å². The van der Waals surface area contributed by atoms with Crippen LogP contribution in [0.5, 0.6) is 5.88 Å². The Bertz CT molecular complexity index is 347. The highest BCUT2D eigenvalue weighted by atomic mass is 16.5. The molecule has 1 saturated heterocycles. The zero-order chi connectivity index (χ0) is 12.8. The standard InChI is InChI=1S/C14H23N3O/c1-3-8-17(13-6-7-15-10-13)11-12-4-5-14(18-2)16-9-12/h4-5,9,13,15H,3,6-8,10-11H2,1-2H3. The highest BCUT2D eigenvalue weighted by molar-refractivity contribution is 5.17. The molecule has 100 valence electrons. The molecule has 1 fully saturated rings. The van der Waals surface area contributed by atoms with Crippen molar-refractivity contribution in [3.05, 3.63) is 23.9 Å². The molecule has 1 aliphatic heterocycles. The van der Waals surface area contributed by atoms with E-state index in [1.54, 1.807) is 7.11 Å². The number of hydrogen-bond donors (Lipinski definition) is 1. The summed E-state index contributed by atoms with van der Waals surface area (Å²) in [4.78, 5) is 6.83. The first-order valence-corrected chi connectivity index (χ1v) is 6.77. The molecule has 1 aromatic rings. The van der Waals surface area contributed by atoms with Gasteiger partial charge in [0.2, 0.25) is 5.88 Å². The molecule has 1 N–H and O–H groups in total. The predicted molar refractivity (Wildman–Crippen MR) is 72.8 cm³/mol. The van der Waals surface area contributed by atoms with Crippen LogP contribution >= 0.6 is 0 Å². The van der Waals surface area contributed by atoms with Gasteiger partial charge < -0.3 is 10.1 Å². The van der Waals surface area contributed by atoms with Crippen molar-refractivity contribution in [2.45, 2.75) is 32.4 Å². The van der Waals surface area contributed by atoms with Crippen LogP contribution in [0.3, 0.4) is 0 Å². The van der Waals surface area contributed by atoms with Crippen LogP contribution in [0.1, 0.15) is 25.3 Å². The molecule has 1 atom stereocenters. The number of nitrogens with one attached hydrogen (secondary N) is 1. The molecule has 0 amide bonds. The van der Waals surface area contributed by atoms with Crippen LogP contribution in [0.4, 0.5) is 0 Å². The number of nitrogens with zero attached hydrogens (tertiary/aromatic N) is 2. The lowest BCUT2D eigenvalue weighted by molar-refractivity contribution is 0.199. The average Bonchev–Trinajstić information content (AvgIpc) is 2.93. The minimum absolute atomic E-state index is 0.673. The van der Waals surface area contributed by atoms with E-state index in [-0.39, 0.29) is 0 Å². The monoisotopic (exact) mass is 249 g/mol. The fourth-order valence-electron chi connectivity index (χ4n) is 2.49. The van der Waals surface area contributed by atoms with Gasteiger partial charge in [-0.1, -0.05) is 13.0 Å². The molecule has 0 aliphatic carbocycles. The fourth-order valence-corrected chi connectivity index (χ4v) is 2.49. The van der Waals surface area contributed by atoms with Crippen LogP contribution in [0.25, 0.3) is 0 Å². The summed E-state index contributed by atoms with van der Waals surface area (Å²) in [6, 6.07) is 4.72. The van der Waals surface area contributed by atoms with E-state index in [1.807, 2.05) is 12.3 Å². The quantitative estimate of drug-likeness (QED) is 0.832.